The molecule has 4 heterocycles. The summed E-state index contributed by atoms with van der Waals surface area (Å²) in [6.07, 6.45) is 7.60. The van der Waals surface area contributed by atoms with Crippen LogP contribution in [-0.4, -0.2) is 50.8 Å². The van der Waals surface area contributed by atoms with E-state index in [9.17, 15) is 4.79 Å². The third-order valence-electron chi connectivity index (χ3n) is 6.61. The van der Waals surface area contributed by atoms with Gasteiger partial charge in [0.25, 0.3) is 0 Å². The summed E-state index contributed by atoms with van der Waals surface area (Å²) in [6, 6.07) is 11.0. The number of rotatable bonds is 3. The normalized spacial score (nSPS) is 24.7. The predicted octanol–water partition coefficient (Wildman–Crippen LogP) is 3.35. The van der Waals surface area contributed by atoms with E-state index in [4.69, 9.17) is 19.8 Å². The SMILES string of the molecule is O=C1CCC(n2ncc3c(N4CC5CCC(C4)O5)nc(-c4cc[c]cc4)nc32)CC1. The van der Waals surface area contributed by atoms with Crippen molar-refractivity contribution in [3.63, 3.8) is 0 Å². The second-order valence-electron chi connectivity index (χ2n) is 8.62. The topological polar surface area (TPSA) is 73.1 Å². The van der Waals surface area contributed by atoms with E-state index in [1.807, 2.05) is 35.1 Å². The van der Waals surface area contributed by atoms with Crippen LogP contribution in [0.2, 0.25) is 0 Å². The molecule has 2 atom stereocenters. The van der Waals surface area contributed by atoms with Gasteiger partial charge < -0.3 is 9.64 Å². The van der Waals surface area contributed by atoms with E-state index in [-0.39, 0.29) is 18.2 Å². The maximum Gasteiger partial charge on any atom is 0.164 e. The maximum absolute atomic E-state index is 11.7. The van der Waals surface area contributed by atoms with E-state index < -0.39 is 0 Å². The van der Waals surface area contributed by atoms with Crippen LogP contribution in [-0.2, 0) is 9.53 Å². The van der Waals surface area contributed by atoms with Gasteiger partial charge in [0.15, 0.2) is 11.5 Å². The lowest BCUT2D eigenvalue weighted by Gasteiger charge is -2.33. The van der Waals surface area contributed by atoms with Crippen LogP contribution in [0.4, 0.5) is 5.82 Å². The van der Waals surface area contributed by atoms with Crippen LogP contribution < -0.4 is 4.90 Å². The molecule has 2 saturated heterocycles. The average Bonchev–Trinajstić information content (AvgIpc) is 3.36. The largest absolute Gasteiger partial charge is 0.371 e. The number of carbonyl (C=O) groups is 1. The van der Waals surface area contributed by atoms with Gasteiger partial charge in [0, 0.05) is 31.5 Å². The Morgan fingerprint density at radius 2 is 1.73 bits per heavy atom. The molecule has 2 aliphatic heterocycles. The first-order chi connectivity index (χ1) is 14.7. The summed E-state index contributed by atoms with van der Waals surface area (Å²) < 4.78 is 8.07. The fraction of sp³-hybridized carbons (Fsp3) is 0.478. The second-order valence-corrected chi connectivity index (χ2v) is 8.62. The Morgan fingerprint density at radius 3 is 2.47 bits per heavy atom. The van der Waals surface area contributed by atoms with Crippen molar-refractivity contribution in [2.75, 3.05) is 18.0 Å². The van der Waals surface area contributed by atoms with Crippen molar-refractivity contribution in [2.45, 2.75) is 56.8 Å². The molecule has 30 heavy (non-hydrogen) atoms. The van der Waals surface area contributed by atoms with Gasteiger partial charge in [0.2, 0.25) is 0 Å². The minimum Gasteiger partial charge on any atom is -0.371 e. The van der Waals surface area contributed by atoms with Crippen molar-refractivity contribution >= 4 is 22.6 Å². The highest BCUT2D eigenvalue weighted by molar-refractivity contribution is 5.89. The summed E-state index contributed by atoms with van der Waals surface area (Å²) in [5, 5.41) is 5.71. The van der Waals surface area contributed by atoms with E-state index in [0.717, 1.165) is 61.2 Å². The van der Waals surface area contributed by atoms with Crippen LogP contribution in [0.25, 0.3) is 22.4 Å². The number of Topliss-reactive ketones (excluding diaryl/α,β-unsaturated/α-hetero) is 1. The lowest BCUT2D eigenvalue weighted by Crippen LogP contribution is -2.43. The molecule has 1 aromatic carbocycles. The summed E-state index contributed by atoms with van der Waals surface area (Å²) in [6.45, 7) is 1.71. The van der Waals surface area contributed by atoms with Crippen molar-refractivity contribution in [1.29, 1.82) is 0 Å². The molecule has 7 nitrogen and oxygen atoms in total. The molecule has 0 spiro atoms. The molecule has 3 aliphatic rings. The molecular formula is C23H24N5O2. The van der Waals surface area contributed by atoms with Crippen LogP contribution in [0, 0.1) is 6.07 Å². The Morgan fingerprint density at radius 1 is 1.00 bits per heavy atom. The van der Waals surface area contributed by atoms with Crippen LogP contribution in [0.1, 0.15) is 44.6 Å². The third-order valence-corrected chi connectivity index (χ3v) is 6.61. The Balaban J connectivity index is 1.48. The second kappa shape index (κ2) is 7.16. The predicted molar refractivity (Wildman–Crippen MR) is 112 cm³/mol. The molecule has 1 saturated carbocycles. The van der Waals surface area contributed by atoms with Crippen molar-refractivity contribution in [3.8, 4) is 11.4 Å². The fourth-order valence-electron chi connectivity index (χ4n) is 5.04. The third kappa shape index (κ3) is 3.08. The Labute approximate surface area is 175 Å². The lowest BCUT2D eigenvalue weighted by molar-refractivity contribution is -0.120. The number of aromatic nitrogens is 4. The minimum atomic E-state index is 0.209. The van der Waals surface area contributed by atoms with Crippen LogP contribution in [0.5, 0.6) is 0 Å². The zero-order valence-electron chi connectivity index (χ0n) is 16.8. The van der Waals surface area contributed by atoms with Gasteiger partial charge in [-0.2, -0.15) is 5.10 Å². The van der Waals surface area contributed by atoms with Crippen molar-refractivity contribution in [1.82, 2.24) is 19.7 Å². The number of ketones is 1. The summed E-state index contributed by atoms with van der Waals surface area (Å²) in [5.74, 6) is 2.00. The van der Waals surface area contributed by atoms with E-state index in [2.05, 4.69) is 11.0 Å². The number of benzene rings is 1. The summed E-state index contributed by atoms with van der Waals surface area (Å²) in [7, 11) is 0. The highest BCUT2D eigenvalue weighted by Crippen LogP contribution is 2.35. The summed E-state index contributed by atoms with van der Waals surface area (Å²) in [5.41, 5.74) is 1.83. The minimum absolute atomic E-state index is 0.209. The van der Waals surface area contributed by atoms with Crippen molar-refractivity contribution in [2.24, 2.45) is 0 Å². The first-order valence-corrected chi connectivity index (χ1v) is 10.9. The molecule has 2 unspecified atom stereocenters. The molecule has 153 valence electrons. The number of ether oxygens (including phenoxy) is 1. The molecule has 3 fully saturated rings. The van der Waals surface area contributed by atoms with Gasteiger partial charge >= 0.3 is 0 Å². The molecule has 3 aromatic rings. The van der Waals surface area contributed by atoms with Gasteiger partial charge in [-0.25, -0.2) is 14.6 Å². The molecule has 2 bridgehead atoms. The van der Waals surface area contributed by atoms with Crippen LogP contribution in [0.15, 0.2) is 30.5 Å². The van der Waals surface area contributed by atoms with Gasteiger partial charge in [-0.1, -0.05) is 24.3 Å². The van der Waals surface area contributed by atoms with Crippen molar-refractivity contribution < 1.29 is 9.53 Å². The molecule has 1 aliphatic carbocycles. The standard InChI is InChI=1S/C23H24N5O2/c29-17-8-6-16(7-9-17)28-23-20(12-24-28)22(27-13-18-10-11-19(14-27)30-18)25-21(26-23)15-4-2-1-3-5-15/h2-5,12,16,18-19H,6-11,13-14H2. The van der Waals surface area contributed by atoms with E-state index in [1.54, 1.807) is 0 Å². The molecule has 0 N–H and O–H groups in total. The van der Waals surface area contributed by atoms with Gasteiger partial charge in [0.1, 0.15) is 11.6 Å². The van der Waals surface area contributed by atoms with Crippen LogP contribution >= 0.6 is 0 Å². The van der Waals surface area contributed by atoms with E-state index in [0.29, 0.717) is 24.4 Å². The average molecular weight is 402 g/mol. The van der Waals surface area contributed by atoms with Gasteiger partial charge in [-0.3, -0.25) is 4.79 Å². The highest BCUT2D eigenvalue weighted by Gasteiger charge is 2.35. The lowest BCUT2D eigenvalue weighted by atomic mass is 9.94. The molecule has 2 aromatic heterocycles. The van der Waals surface area contributed by atoms with Gasteiger partial charge in [-0.05, 0) is 31.7 Å². The first kappa shape index (κ1) is 18.0. The number of carbonyl (C=O) groups excluding carboxylic acids is 1. The van der Waals surface area contributed by atoms with Gasteiger partial charge in [0.05, 0.1) is 29.8 Å². The Hall–Kier alpha value is -2.80. The quantitative estimate of drug-likeness (QED) is 0.669. The zero-order chi connectivity index (χ0) is 20.1. The molecule has 0 amide bonds. The Kier molecular flexibility index (Phi) is 4.30. The maximum atomic E-state index is 11.7. The number of fused-ring (bicyclic) bond motifs is 3. The smallest absolute Gasteiger partial charge is 0.164 e. The fourth-order valence-corrected chi connectivity index (χ4v) is 5.04. The van der Waals surface area contributed by atoms with Crippen molar-refractivity contribution in [3.05, 3.63) is 36.5 Å². The summed E-state index contributed by atoms with van der Waals surface area (Å²) in [4.78, 5) is 24.0. The monoisotopic (exact) mass is 402 g/mol. The van der Waals surface area contributed by atoms with Crippen LogP contribution in [0.3, 0.4) is 0 Å². The number of morpholine rings is 1. The zero-order valence-corrected chi connectivity index (χ0v) is 16.8. The first-order valence-electron chi connectivity index (χ1n) is 10.9. The highest BCUT2D eigenvalue weighted by atomic mass is 16.5. The molecule has 7 heteroatoms. The summed E-state index contributed by atoms with van der Waals surface area (Å²) >= 11 is 0. The molecule has 1 radical (unpaired) electrons. The van der Waals surface area contributed by atoms with E-state index in [1.165, 1.54) is 0 Å². The molecular weight excluding hydrogens is 378 g/mol. The Bertz CT molecular complexity index is 1070. The number of nitrogens with zero attached hydrogens (tertiary/aromatic N) is 5. The molecule has 6 rings (SSSR count). The number of anilines is 1. The van der Waals surface area contributed by atoms with Gasteiger partial charge in [-0.15, -0.1) is 0 Å². The number of hydrogen-bond donors (Lipinski definition) is 0. The number of hydrogen-bond acceptors (Lipinski definition) is 6. The van der Waals surface area contributed by atoms with E-state index >= 15 is 0 Å².